The van der Waals surface area contributed by atoms with Gasteiger partial charge < -0.3 is 15.8 Å². The highest BCUT2D eigenvalue weighted by Crippen LogP contribution is 2.42. The molecular weight excluding hydrogens is 364 g/mol. The summed E-state index contributed by atoms with van der Waals surface area (Å²) in [4.78, 5) is 12.4. The van der Waals surface area contributed by atoms with Crippen LogP contribution in [0.25, 0.3) is 0 Å². The Morgan fingerprint density at radius 1 is 1.22 bits per heavy atom. The molecule has 0 spiro atoms. The predicted octanol–water partition coefficient (Wildman–Crippen LogP) is 3.84. The van der Waals surface area contributed by atoms with Crippen LogP contribution in [0.1, 0.15) is 70.9 Å². The molecule has 4 N–H and O–H groups in total. The van der Waals surface area contributed by atoms with E-state index in [0.29, 0.717) is 30.4 Å². The first-order valence-corrected chi connectivity index (χ1v) is 10.0. The highest BCUT2D eigenvalue weighted by Gasteiger charge is 2.31. The number of aromatic nitrogens is 2. The van der Waals surface area contributed by atoms with Gasteiger partial charge in [-0.25, -0.2) is 0 Å². The zero-order valence-corrected chi connectivity index (χ0v) is 17.6. The molecule has 2 heterocycles. The van der Waals surface area contributed by atoms with E-state index in [4.69, 9.17) is 10.5 Å². The molecular formula is C20H35ClN4O2. The van der Waals surface area contributed by atoms with Gasteiger partial charge in [0.1, 0.15) is 0 Å². The van der Waals surface area contributed by atoms with Gasteiger partial charge in [0.05, 0.1) is 6.04 Å². The molecule has 2 aliphatic rings. The van der Waals surface area contributed by atoms with Crippen molar-refractivity contribution in [1.82, 2.24) is 10.2 Å². The first-order valence-electron chi connectivity index (χ1n) is 10.0. The molecule has 2 fully saturated rings. The summed E-state index contributed by atoms with van der Waals surface area (Å²) in [5.74, 6) is 1.93. The minimum absolute atomic E-state index is 0. The summed E-state index contributed by atoms with van der Waals surface area (Å²) in [6, 6.07) is 1.48. The Balaban J connectivity index is 0.00000261. The molecule has 0 radical (unpaired) electrons. The topological polar surface area (TPSA) is 93.0 Å². The Labute approximate surface area is 168 Å². The number of amides is 1. The number of nitrogens with zero attached hydrogens (tertiary/aromatic N) is 1. The average Bonchev–Trinajstić information content (AvgIpc) is 3.09. The molecule has 1 aromatic rings. The van der Waals surface area contributed by atoms with Crippen LogP contribution in [0.5, 0.6) is 0 Å². The molecule has 1 atom stereocenters. The standard InChI is InChI=1S/C20H34N4O2.ClH/c1-20(2,3)15-6-4-13(5-7-15)16-12-17(24-23-16)22-19(25)18(21)14-8-10-26-11-9-14;/h12-15,18H,4-11,21H2,1-3H3,(H2,22,23,24,25);1H. The number of H-pyrrole nitrogens is 1. The summed E-state index contributed by atoms with van der Waals surface area (Å²) in [6.07, 6.45) is 6.56. The minimum atomic E-state index is -0.499. The third kappa shape index (κ3) is 5.69. The quantitative estimate of drug-likeness (QED) is 0.718. The van der Waals surface area contributed by atoms with Crippen molar-refractivity contribution in [2.45, 2.75) is 71.3 Å². The summed E-state index contributed by atoms with van der Waals surface area (Å²) < 4.78 is 5.34. The number of aromatic amines is 1. The summed E-state index contributed by atoms with van der Waals surface area (Å²) in [7, 11) is 0. The Kier molecular flexibility index (Phi) is 7.72. The maximum absolute atomic E-state index is 12.4. The van der Waals surface area contributed by atoms with Crippen molar-refractivity contribution in [2.75, 3.05) is 18.5 Å². The fourth-order valence-corrected chi connectivity index (χ4v) is 4.38. The van der Waals surface area contributed by atoms with Crippen LogP contribution in [0.2, 0.25) is 0 Å². The lowest BCUT2D eigenvalue weighted by molar-refractivity contribution is -0.119. The van der Waals surface area contributed by atoms with Gasteiger partial charge in [0.15, 0.2) is 5.82 Å². The molecule has 1 amide bonds. The molecule has 1 saturated carbocycles. The number of hydrogen-bond donors (Lipinski definition) is 3. The molecule has 1 aromatic heterocycles. The van der Waals surface area contributed by atoms with Gasteiger partial charge in [0, 0.05) is 30.9 Å². The van der Waals surface area contributed by atoms with E-state index < -0.39 is 6.04 Å². The zero-order valence-electron chi connectivity index (χ0n) is 16.8. The largest absolute Gasteiger partial charge is 0.381 e. The summed E-state index contributed by atoms with van der Waals surface area (Å²) in [5.41, 5.74) is 7.66. The van der Waals surface area contributed by atoms with Crippen LogP contribution in [0.4, 0.5) is 5.82 Å². The number of hydrogen-bond acceptors (Lipinski definition) is 4. The van der Waals surface area contributed by atoms with E-state index in [1.165, 1.54) is 25.7 Å². The molecule has 154 valence electrons. The van der Waals surface area contributed by atoms with E-state index in [2.05, 4.69) is 36.3 Å². The molecule has 0 aromatic carbocycles. The SMILES string of the molecule is CC(C)(C)C1CCC(c2cc(NC(=O)C(N)C3CCOCC3)n[nH]2)CC1.Cl. The predicted molar refractivity (Wildman–Crippen MR) is 110 cm³/mol. The van der Waals surface area contributed by atoms with Gasteiger partial charge in [0.25, 0.3) is 0 Å². The van der Waals surface area contributed by atoms with E-state index >= 15 is 0 Å². The number of rotatable bonds is 4. The molecule has 1 saturated heterocycles. The summed E-state index contributed by atoms with van der Waals surface area (Å²) >= 11 is 0. The maximum atomic E-state index is 12.4. The molecule has 6 nitrogen and oxygen atoms in total. The van der Waals surface area contributed by atoms with Crippen molar-refractivity contribution in [2.24, 2.45) is 23.0 Å². The number of anilines is 1. The fraction of sp³-hybridized carbons (Fsp3) is 0.800. The molecule has 3 rings (SSSR count). The Morgan fingerprint density at radius 3 is 2.44 bits per heavy atom. The number of carbonyl (C=O) groups excluding carboxylic acids is 1. The van der Waals surface area contributed by atoms with E-state index in [-0.39, 0.29) is 24.2 Å². The van der Waals surface area contributed by atoms with Gasteiger partial charge in [-0.1, -0.05) is 20.8 Å². The van der Waals surface area contributed by atoms with Gasteiger partial charge in [-0.2, -0.15) is 5.10 Å². The van der Waals surface area contributed by atoms with E-state index in [0.717, 1.165) is 24.5 Å². The van der Waals surface area contributed by atoms with Crippen molar-refractivity contribution >= 4 is 24.1 Å². The smallest absolute Gasteiger partial charge is 0.242 e. The number of ether oxygens (including phenoxy) is 1. The Hall–Kier alpha value is -1.11. The highest BCUT2D eigenvalue weighted by molar-refractivity contribution is 5.94. The first-order chi connectivity index (χ1) is 12.3. The molecule has 0 bridgehead atoms. The van der Waals surface area contributed by atoms with Crippen LogP contribution in [-0.2, 0) is 9.53 Å². The van der Waals surface area contributed by atoms with Crippen LogP contribution >= 0.6 is 12.4 Å². The van der Waals surface area contributed by atoms with Gasteiger partial charge in [-0.15, -0.1) is 12.4 Å². The van der Waals surface area contributed by atoms with Crippen molar-refractivity contribution in [3.63, 3.8) is 0 Å². The molecule has 1 aliphatic carbocycles. The van der Waals surface area contributed by atoms with Gasteiger partial charge in [-0.3, -0.25) is 9.89 Å². The minimum Gasteiger partial charge on any atom is -0.381 e. The Bertz CT molecular complexity index is 599. The van der Waals surface area contributed by atoms with Crippen molar-refractivity contribution in [3.05, 3.63) is 11.8 Å². The number of carbonyl (C=O) groups is 1. The fourth-order valence-electron chi connectivity index (χ4n) is 4.38. The maximum Gasteiger partial charge on any atom is 0.242 e. The lowest BCUT2D eigenvalue weighted by atomic mass is 9.69. The third-order valence-electron chi connectivity index (χ3n) is 6.32. The van der Waals surface area contributed by atoms with Crippen molar-refractivity contribution in [1.29, 1.82) is 0 Å². The van der Waals surface area contributed by atoms with Crippen LogP contribution < -0.4 is 11.1 Å². The molecule has 1 aliphatic heterocycles. The first kappa shape index (κ1) is 22.2. The molecule has 7 heteroatoms. The van der Waals surface area contributed by atoms with E-state index in [1.54, 1.807) is 0 Å². The van der Waals surface area contributed by atoms with Gasteiger partial charge in [-0.05, 0) is 55.8 Å². The normalized spacial score (nSPS) is 25.5. The number of nitrogens with two attached hydrogens (primary N) is 1. The lowest BCUT2D eigenvalue weighted by Crippen LogP contribution is -2.44. The van der Waals surface area contributed by atoms with Crippen molar-refractivity contribution in [3.8, 4) is 0 Å². The third-order valence-corrected chi connectivity index (χ3v) is 6.32. The lowest BCUT2D eigenvalue weighted by Gasteiger charge is -2.36. The van der Waals surface area contributed by atoms with Crippen LogP contribution in [0.3, 0.4) is 0 Å². The van der Waals surface area contributed by atoms with Gasteiger partial charge in [0.2, 0.25) is 5.91 Å². The number of halogens is 1. The average molecular weight is 399 g/mol. The molecule has 27 heavy (non-hydrogen) atoms. The Morgan fingerprint density at radius 2 is 1.85 bits per heavy atom. The zero-order chi connectivity index (χ0) is 18.7. The summed E-state index contributed by atoms with van der Waals surface area (Å²) in [6.45, 7) is 8.39. The second-order valence-electron chi connectivity index (χ2n) is 9.09. The van der Waals surface area contributed by atoms with Crippen LogP contribution in [-0.4, -0.2) is 35.4 Å². The van der Waals surface area contributed by atoms with Crippen LogP contribution in [0, 0.1) is 17.3 Å². The van der Waals surface area contributed by atoms with E-state index in [1.807, 2.05) is 6.07 Å². The monoisotopic (exact) mass is 398 g/mol. The van der Waals surface area contributed by atoms with E-state index in [9.17, 15) is 4.79 Å². The van der Waals surface area contributed by atoms with Gasteiger partial charge >= 0.3 is 0 Å². The van der Waals surface area contributed by atoms with Crippen LogP contribution in [0.15, 0.2) is 6.07 Å². The number of nitrogens with one attached hydrogen (secondary N) is 2. The second kappa shape index (κ2) is 9.39. The molecule has 1 unspecified atom stereocenters. The van der Waals surface area contributed by atoms with Crippen molar-refractivity contribution < 1.29 is 9.53 Å². The highest BCUT2D eigenvalue weighted by atomic mass is 35.5. The second-order valence-corrected chi connectivity index (χ2v) is 9.09. The summed E-state index contributed by atoms with van der Waals surface area (Å²) in [5, 5.41) is 10.3.